The zero-order valence-corrected chi connectivity index (χ0v) is 7.75. The Labute approximate surface area is 84.9 Å². The summed E-state index contributed by atoms with van der Waals surface area (Å²) in [7, 11) is 0. The molecule has 1 heterocycles. The molecule has 0 saturated heterocycles. The van der Waals surface area contributed by atoms with E-state index in [1.807, 2.05) is 0 Å². The highest BCUT2D eigenvalue weighted by atomic mass is 35.5. The molecule has 0 saturated carbocycles. The summed E-state index contributed by atoms with van der Waals surface area (Å²) in [5.41, 5.74) is 0.442. The van der Waals surface area contributed by atoms with Gasteiger partial charge in [-0.1, -0.05) is 18.2 Å². The van der Waals surface area contributed by atoms with E-state index in [2.05, 4.69) is 0 Å². The van der Waals surface area contributed by atoms with Gasteiger partial charge in [0.15, 0.2) is 0 Å². The topological polar surface area (TPSA) is 43.4 Å². The Bertz CT molecular complexity index is 446. The third-order valence-corrected chi connectivity index (χ3v) is 2.43. The van der Waals surface area contributed by atoms with E-state index in [1.165, 1.54) is 5.94 Å². The highest BCUT2D eigenvalue weighted by Crippen LogP contribution is 2.38. The molecule has 70 valence electrons. The first-order chi connectivity index (χ1) is 6.74. The van der Waals surface area contributed by atoms with Crippen LogP contribution in [-0.2, 0) is 9.59 Å². The summed E-state index contributed by atoms with van der Waals surface area (Å²) in [5, 5.41) is -0.759. The Kier molecular flexibility index (Phi) is 2.12. The zero-order chi connectivity index (χ0) is 10.1. The van der Waals surface area contributed by atoms with E-state index in [4.69, 9.17) is 16.3 Å². The van der Waals surface area contributed by atoms with Crippen LogP contribution in [0.3, 0.4) is 0 Å². The van der Waals surface area contributed by atoms with Gasteiger partial charge in [-0.25, -0.2) is 9.59 Å². The number of carbonyl (C=O) groups is 1. The summed E-state index contributed by atoms with van der Waals surface area (Å²) < 4.78 is 4.88. The van der Waals surface area contributed by atoms with Crippen LogP contribution in [0.1, 0.15) is 10.9 Å². The van der Waals surface area contributed by atoms with Crippen molar-refractivity contribution in [1.82, 2.24) is 0 Å². The van der Waals surface area contributed by atoms with E-state index < -0.39 is 11.3 Å². The number of halogens is 1. The summed E-state index contributed by atoms with van der Waals surface area (Å²) in [4.78, 5) is 21.6. The molecule has 3 nitrogen and oxygen atoms in total. The van der Waals surface area contributed by atoms with Crippen LogP contribution < -0.4 is 4.74 Å². The Balaban J connectivity index is 2.60. The molecule has 1 unspecified atom stereocenters. The molecule has 4 heteroatoms. The van der Waals surface area contributed by atoms with Crippen molar-refractivity contribution in [2.75, 3.05) is 0 Å². The van der Waals surface area contributed by atoms with Crippen molar-refractivity contribution < 1.29 is 14.3 Å². The lowest BCUT2D eigenvalue weighted by Gasteiger charge is -2.19. The highest BCUT2D eigenvalue weighted by molar-refractivity contribution is 6.27. The van der Waals surface area contributed by atoms with Crippen LogP contribution in [0, 0.1) is 0 Å². The smallest absolute Gasteiger partial charge is 0.352 e. The lowest BCUT2D eigenvalue weighted by Crippen LogP contribution is -2.21. The number of alkyl halides is 1. The van der Waals surface area contributed by atoms with Gasteiger partial charge >= 0.3 is 5.97 Å². The normalized spacial score (nSPS) is 19.6. The second-order valence-electron chi connectivity index (χ2n) is 2.81. The maximum atomic E-state index is 11.2. The molecule has 0 radical (unpaired) electrons. The van der Waals surface area contributed by atoms with Gasteiger partial charge in [-0.3, -0.25) is 0 Å². The van der Waals surface area contributed by atoms with Gasteiger partial charge in [0.2, 0.25) is 0 Å². The summed E-state index contributed by atoms with van der Waals surface area (Å²) in [5.74, 6) is 1.18. The number of esters is 1. The van der Waals surface area contributed by atoms with Crippen molar-refractivity contribution in [1.29, 1.82) is 0 Å². The molecular weight excluding hydrogens is 204 g/mol. The molecule has 1 aliphatic rings. The molecule has 1 aliphatic heterocycles. The van der Waals surface area contributed by atoms with Crippen LogP contribution in [0.4, 0.5) is 0 Å². The lowest BCUT2D eigenvalue weighted by atomic mass is 10.0. The van der Waals surface area contributed by atoms with E-state index in [-0.39, 0.29) is 5.57 Å². The van der Waals surface area contributed by atoms with Crippen molar-refractivity contribution in [3.8, 4) is 5.75 Å². The third-order valence-electron chi connectivity index (χ3n) is 1.98. The van der Waals surface area contributed by atoms with E-state index in [9.17, 15) is 9.59 Å². The van der Waals surface area contributed by atoms with Crippen LogP contribution in [0.25, 0.3) is 0 Å². The molecule has 1 aromatic carbocycles. The minimum atomic E-state index is -0.759. The Hall–Kier alpha value is -1.57. The van der Waals surface area contributed by atoms with Crippen molar-refractivity contribution in [2.45, 2.75) is 5.38 Å². The molecule has 1 aromatic rings. The van der Waals surface area contributed by atoms with E-state index in [1.54, 1.807) is 24.3 Å². The zero-order valence-electron chi connectivity index (χ0n) is 6.99. The van der Waals surface area contributed by atoms with Gasteiger partial charge in [0.1, 0.15) is 22.6 Å². The standard InChI is InChI=1S/C10H5ClO3/c11-9-6-3-1-2-4-8(6)14-10(13)7(9)5-12/h1-4,9H. The monoisotopic (exact) mass is 208 g/mol. The van der Waals surface area contributed by atoms with Gasteiger partial charge in [0, 0.05) is 5.56 Å². The summed E-state index contributed by atoms with van der Waals surface area (Å²) >= 11 is 5.91. The van der Waals surface area contributed by atoms with Crippen LogP contribution in [0.15, 0.2) is 29.8 Å². The molecule has 0 aromatic heterocycles. The summed E-state index contributed by atoms with van der Waals surface area (Å²) in [6.45, 7) is 0. The SMILES string of the molecule is O=C=C1C(=O)Oc2ccccc2C1Cl. The second kappa shape index (κ2) is 3.29. The first-order valence-electron chi connectivity index (χ1n) is 3.94. The quantitative estimate of drug-likeness (QED) is 0.214. The molecule has 1 atom stereocenters. The van der Waals surface area contributed by atoms with Gasteiger partial charge in [-0.15, -0.1) is 11.6 Å². The maximum Gasteiger partial charge on any atom is 0.352 e. The van der Waals surface area contributed by atoms with Crippen LogP contribution >= 0.6 is 11.6 Å². The average Bonchev–Trinajstić information content (AvgIpc) is 2.18. The predicted molar refractivity (Wildman–Crippen MR) is 49.9 cm³/mol. The van der Waals surface area contributed by atoms with Crippen LogP contribution in [0.2, 0.25) is 0 Å². The Morgan fingerprint density at radius 3 is 2.79 bits per heavy atom. The van der Waals surface area contributed by atoms with E-state index in [0.717, 1.165) is 0 Å². The fourth-order valence-corrected chi connectivity index (χ4v) is 1.60. The molecule has 0 N–H and O–H groups in total. The number of hydrogen-bond donors (Lipinski definition) is 0. The number of para-hydroxylation sites is 1. The Morgan fingerprint density at radius 1 is 1.36 bits per heavy atom. The minimum Gasteiger partial charge on any atom is -0.422 e. The molecule has 2 rings (SSSR count). The van der Waals surface area contributed by atoms with Gasteiger partial charge in [-0.2, -0.15) is 0 Å². The number of ether oxygens (including phenoxy) is 1. The fraction of sp³-hybridized carbons (Fsp3) is 0.100. The number of fused-ring (bicyclic) bond motifs is 1. The van der Waals surface area contributed by atoms with Gasteiger partial charge in [0.05, 0.1) is 0 Å². The largest absolute Gasteiger partial charge is 0.422 e. The van der Waals surface area contributed by atoms with Crippen molar-refractivity contribution in [3.63, 3.8) is 0 Å². The maximum absolute atomic E-state index is 11.2. The van der Waals surface area contributed by atoms with Crippen molar-refractivity contribution in [3.05, 3.63) is 35.4 Å². The third kappa shape index (κ3) is 1.23. The van der Waals surface area contributed by atoms with E-state index in [0.29, 0.717) is 11.3 Å². The van der Waals surface area contributed by atoms with Crippen LogP contribution in [-0.4, -0.2) is 11.9 Å². The number of hydrogen-bond acceptors (Lipinski definition) is 3. The predicted octanol–water partition coefficient (Wildman–Crippen LogP) is 1.64. The number of benzene rings is 1. The lowest BCUT2D eigenvalue weighted by molar-refractivity contribution is -0.130. The molecule has 0 fully saturated rings. The average molecular weight is 209 g/mol. The van der Waals surface area contributed by atoms with Gasteiger partial charge < -0.3 is 4.74 Å². The molecule has 0 amide bonds. The first kappa shape index (κ1) is 9.00. The number of rotatable bonds is 0. The summed E-state index contributed by atoms with van der Waals surface area (Å²) in [6.07, 6.45) is 0. The van der Waals surface area contributed by atoms with Crippen molar-refractivity contribution in [2.24, 2.45) is 0 Å². The minimum absolute atomic E-state index is 0.176. The highest BCUT2D eigenvalue weighted by Gasteiger charge is 2.31. The second-order valence-corrected chi connectivity index (χ2v) is 3.24. The Morgan fingerprint density at radius 2 is 2.07 bits per heavy atom. The molecule has 0 spiro atoms. The molecule has 0 aliphatic carbocycles. The molecule has 0 bridgehead atoms. The van der Waals surface area contributed by atoms with Crippen LogP contribution in [0.5, 0.6) is 5.75 Å². The number of carbonyl (C=O) groups excluding carboxylic acids is 2. The van der Waals surface area contributed by atoms with Gasteiger partial charge in [-0.05, 0) is 6.07 Å². The van der Waals surface area contributed by atoms with Crippen molar-refractivity contribution >= 4 is 23.5 Å². The summed E-state index contributed by atoms with van der Waals surface area (Å²) in [6, 6.07) is 6.82. The van der Waals surface area contributed by atoms with Gasteiger partial charge in [0.25, 0.3) is 0 Å². The fourth-order valence-electron chi connectivity index (χ4n) is 1.29. The molecule has 14 heavy (non-hydrogen) atoms. The molecular formula is C10H5ClO3. The first-order valence-corrected chi connectivity index (χ1v) is 4.38. The van der Waals surface area contributed by atoms with E-state index >= 15 is 0 Å².